The van der Waals surface area contributed by atoms with Gasteiger partial charge in [-0.15, -0.1) is 0 Å². The highest BCUT2D eigenvalue weighted by molar-refractivity contribution is 14.1. The molecule has 0 radical (unpaired) electrons. The van der Waals surface area contributed by atoms with E-state index in [0.29, 0.717) is 5.92 Å². The molecule has 1 heterocycles. The van der Waals surface area contributed by atoms with E-state index in [4.69, 9.17) is 4.98 Å². The van der Waals surface area contributed by atoms with E-state index in [1.807, 2.05) is 14.1 Å². The predicted octanol–water partition coefficient (Wildman–Crippen LogP) is 2.77. The van der Waals surface area contributed by atoms with E-state index >= 15 is 0 Å². The molecule has 0 amide bonds. The minimum absolute atomic E-state index is 0.607. The van der Waals surface area contributed by atoms with Crippen molar-refractivity contribution in [2.45, 2.75) is 33.7 Å². The fourth-order valence-corrected chi connectivity index (χ4v) is 2.36. The molecular weight excluding hydrogens is 339 g/mol. The summed E-state index contributed by atoms with van der Waals surface area (Å²) in [6.07, 6.45) is 1.000. The summed E-state index contributed by atoms with van der Waals surface area (Å²) < 4.78 is 1.16. The van der Waals surface area contributed by atoms with E-state index in [1.165, 1.54) is 0 Å². The lowest BCUT2D eigenvalue weighted by Gasteiger charge is -2.15. The maximum absolute atomic E-state index is 4.70. The van der Waals surface area contributed by atoms with E-state index in [2.05, 4.69) is 58.6 Å². The molecule has 0 saturated heterocycles. The van der Waals surface area contributed by atoms with Gasteiger partial charge >= 0.3 is 0 Å². The molecule has 0 aromatic carbocycles. The number of hydrogen-bond donors (Lipinski definition) is 1. The van der Waals surface area contributed by atoms with Gasteiger partial charge in [-0.25, -0.2) is 9.97 Å². The third-order valence-electron chi connectivity index (χ3n) is 2.37. The number of halogens is 1. The van der Waals surface area contributed by atoms with Crippen molar-refractivity contribution in [3.8, 4) is 0 Å². The van der Waals surface area contributed by atoms with Crippen molar-refractivity contribution in [2.24, 2.45) is 5.92 Å². The molecule has 0 aliphatic rings. The summed E-state index contributed by atoms with van der Waals surface area (Å²) >= 11 is 2.35. The third kappa shape index (κ3) is 4.68. The maximum atomic E-state index is 4.70. The Bertz CT molecular complexity index is 391. The normalized spacial score (nSPS) is 11.3. The average molecular weight is 362 g/mol. The van der Waals surface area contributed by atoms with Crippen LogP contribution in [0.5, 0.6) is 0 Å². The summed E-state index contributed by atoms with van der Waals surface area (Å²) in [5, 5.41) is 3.33. The first kappa shape index (κ1) is 15.6. The van der Waals surface area contributed by atoms with Crippen LogP contribution in [0.1, 0.15) is 32.3 Å². The molecule has 0 saturated carbocycles. The second-order valence-electron chi connectivity index (χ2n) is 5.12. The zero-order valence-electron chi connectivity index (χ0n) is 11.9. The zero-order valence-corrected chi connectivity index (χ0v) is 14.1. The summed E-state index contributed by atoms with van der Waals surface area (Å²) in [5.74, 6) is 2.47. The van der Waals surface area contributed by atoms with Crippen LogP contribution in [0.25, 0.3) is 0 Å². The predicted molar refractivity (Wildman–Crippen MR) is 84.8 cm³/mol. The molecule has 0 spiro atoms. The van der Waals surface area contributed by atoms with Crippen molar-refractivity contribution in [1.82, 2.24) is 14.9 Å². The second kappa shape index (κ2) is 7.23. The number of nitrogens with zero attached hydrogens (tertiary/aromatic N) is 3. The van der Waals surface area contributed by atoms with Gasteiger partial charge in [-0.3, -0.25) is 0 Å². The third-order valence-corrected chi connectivity index (χ3v) is 3.50. The highest BCUT2D eigenvalue weighted by Gasteiger charge is 2.13. The lowest BCUT2D eigenvalue weighted by molar-refractivity contribution is 0.389. The van der Waals surface area contributed by atoms with Crippen LogP contribution < -0.4 is 5.32 Å². The van der Waals surface area contributed by atoms with Crippen LogP contribution in [0.2, 0.25) is 0 Å². The van der Waals surface area contributed by atoms with Crippen molar-refractivity contribution in [2.75, 3.05) is 26.0 Å². The summed E-state index contributed by atoms with van der Waals surface area (Å²) in [6.45, 7) is 8.19. The molecule has 102 valence electrons. The van der Waals surface area contributed by atoms with Crippen LogP contribution in [0.3, 0.4) is 0 Å². The number of rotatable bonds is 6. The molecule has 1 aromatic rings. The van der Waals surface area contributed by atoms with Gasteiger partial charge in [0.1, 0.15) is 11.6 Å². The SMILES string of the molecule is CCNc1nc(CN(C)C)nc(CC(C)C)c1I. The molecule has 0 bridgehead atoms. The standard InChI is InChI=1S/C13H23IN4/c1-6-15-13-12(14)10(7-9(2)3)16-11(17-13)8-18(4)5/h9H,6-8H2,1-5H3,(H,15,16,17). The molecular formula is C13H23IN4. The van der Waals surface area contributed by atoms with Crippen LogP contribution in [0.15, 0.2) is 0 Å². The van der Waals surface area contributed by atoms with E-state index in [0.717, 1.165) is 40.4 Å². The molecule has 1 N–H and O–H groups in total. The lowest BCUT2D eigenvalue weighted by Crippen LogP contribution is -2.17. The lowest BCUT2D eigenvalue weighted by atomic mass is 10.1. The Labute approximate surface area is 124 Å². The minimum atomic E-state index is 0.607. The Kier molecular flexibility index (Phi) is 6.28. The summed E-state index contributed by atoms with van der Waals surface area (Å²) in [4.78, 5) is 11.4. The summed E-state index contributed by atoms with van der Waals surface area (Å²) in [5.41, 5.74) is 1.16. The molecule has 0 aliphatic heterocycles. The van der Waals surface area contributed by atoms with E-state index in [9.17, 15) is 0 Å². The Hall–Kier alpha value is -0.430. The highest BCUT2D eigenvalue weighted by Crippen LogP contribution is 2.21. The van der Waals surface area contributed by atoms with Crippen LogP contribution in [-0.4, -0.2) is 35.5 Å². The van der Waals surface area contributed by atoms with Gasteiger partial charge in [-0.05, 0) is 55.9 Å². The monoisotopic (exact) mass is 362 g/mol. The number of hydrogen-bond acceptors (Lipinski definition) is 4. The average Bonchev–Trinajstić information content (AvgIpc) is 2.23. The largest absolute Gasteiger partial charge is 0.369 e. The molecule has 1 aromatic heterocycles. The summed E-state index contributed by atoms with van der Waals surface area (Å²) in [7, 11) is 4.08. The van der Waals surface area contributed by atoms with Gasteiger partial charge in [0.05, 0.1) is 15.8 Å². The zero-order chi connectivity index (χ0) is 13.7. The molecule has 1 rings (SSSR count). The Morgan fingerprint density at radius 3 is 2.44 bits per heavy atom. The first-order valence-electron chi connectivity index (χ1n) is 6.37. The Morgan fingerprint density at radius 2 is 1.94 bits per heavy atom. The molecule has 0 fully saturated rings. The van der Waals surface area contributed by atoms with Gasteiger partial charge in [0.2, 0.25) is 0 Å². The smallest absolute Gasteiger partial charge is 0.145 e. The van der Waals surface area contributed by atoms with Crippen LogP contribution >= 0.6 is 22.6 Å². The van der Waals surface area contributed by atoms with Gasteiger partial charge in [-0.1, -0.05) is 13.8 Å². The fourth-order valence-electron chi connectivity index (χ4n) is 1.70. The number of anilines is 1. The van der Waals surface area contributed by atoms with E-state index in [-0.39, 0.29) is 0 Å². The van der Waals surface area contributed by atoms with Gasteiger partial charge in [0.15, 0.2) is 0 Å². The first-order chi connectivity index (χ1) is 8.43. The van der Waals surface area contributed by atoms with Gasteiger partial charge < -0.3 is 10.2 Å². The minimum Gasteiger partial charge on any atom is -0.369 e. The molecule has 5 heteroatoms. The van der Waals surface area contributed by atoms with Crippen LogP contribution in [-0.2, 0) is 13.0 Å². The van der Waals surface area contributed by atoms with Crippen molar-refractivity contribution < 1.29 is 0 Å². The van der Waals surface area contributed by atoms with Crippen LogP contribution in [0, 0.1) is 9.49 Å². The van der Waals surface area contributed by atoms with Gasteiger partial charge in [-0.2, -0.15) is 0 Å². The molecule has 4 nitrogen and oxygen atoms in total. The van der Waals surface area contributed by atoms with E-state index < -0.39 is 0 Å². The van der Waals surface area contributed by atoms with Crippen molar-refractivity contribution in [1.29, 1.82) is 0 Å². The van der Waals surface area contributed by atoms with Crippen LogP contribution in [0.4, 0.5) is 5.82 Å². The Balaban J connectivity index is 3.09. The number of nitrogens with one attached hydrogen (secondary N) is 1. The number of aromatic nitrogens is 2. The maximum Gasteiger partial charge on any atom is 0.145 e. The van der Waals surface area contributed by atoms with E-state index in [1.54, 1.807) is 0 Å². The first-order valence-corrected chi connectivity index (χ1v) is 7.45. The molecule has 18 heavy (non-hydrogen) atoms. The molecule has 0 atom stereocenters. The molecule has 0 unspecified atom stereocenters. The fraction of sp³-hybridized carbons (Fsp3) is 0.692. The van der Waals surface area contributed by atoms with Crippen molar-refractivity contribution >= 4 is 28.4 Å². The molecule has 0 aliphatic carbocycles. The van der Waals surface area contributed by atoms with Crippen molar-refractivity contribution in [3.05, 3.63) is 15.1 Å². The van der Waals surface area contributed by atoms with Gasteiger partial charge in [0.25, 0.3) is 0 Å². The quantitative estimate of drug-likeness (QED) is 0.791. The topological polar surface area (TPSA) is 41.1 Å². The highest BCUT2D eigenvalue weighted by atomic mass is 127. The van der Waals surface area contributed by atoms with Crippen molar-refractivity contribution in [3.63, 3.8) is 0 Å². The summed E-state index contributed by atoms with van der Waals surface area (Å²) in [6, 6.07) is 0. The Morgan fingerprint density at radius 1 is 1.28 bits per heavy atom. The van der Waals surface area contributed by atoms with Gasteiger partial charge in [0, 0.05) is 6.54 Å². The second-order valence-corrected chi connectivity index (χ2v) is 6.19.